The van der Waals surface area contributed by atoms with E-state index < -0.39 is 0 Å². The van der Waals surface area contributed by atoms with E-state index >= 15 is 0 Å². The van der Waals surface area contributed by atoms with E-state index in [1.54, 1.807) is 13.1 Å². The fourth-order valence-electron chi connectivity index (χ4n) is 2.48. The minimum Gasteiger partial charge on any atom is -0.348 e. The van der Waals surface area contributed by atoms with Crippen molar-refractivity contribution in [2.45, 2.75) is 19.8 Å². The highest BCUT2D eigenvalue weighted by Gasteiger charge is 2.21. The van der Waals surface area contributed by atoms with Crippen LogP contribution in [-0.4, -0.2) is 22.4 Å². The zero-order valence-electron chi connectivity index (χ0n) is 10.3. The number of aromatic amines is 1. The van der Waals surface area contributed by atoms with Gasteiger partial charge in [-0.3, -0.25) is 4.79 Å². The van der Waals surface area contributed by atoms with Crippen molar-refractivity contribution >= 4 is 11.6 Å². The lowest BCUT2D eigenvalue weighted by Gasteiger charge is -2.14. The fourth-order valence-corrected chi connectivity index (χ4v) is 2.48. The van der Waals surface area contributed by atoms with Crippen LogP contribution in [0.25, 0.3) is 0 Å². The summed E-state index contributed by atoms with van der Waals surface area (Å²) < 4.78 is 0. The Morgan fingerprint density at radius 2 is 2.39 bits per heavy atom. The molecule has 0 saturated heterocycles. The second kappa shape index (κ2) is 4.29. The van der Waals surface area contributed by atoms with Crippen LogP contribution < -0.4 is 4.90 Å². The van der Waals surface area contributed by atoms with Gasteiger partial charge in [0, 0.05) is 38.0 Å². The Morgan fingerprint density at radius 1 is 1.50 bits per heavy atom. The average molecular weight is 241 g/mol. The van der Waals surface area contributed by atoms with Crippen LogP contribution in [0.2, 0.25) is 0 Å². The predicted molar refractivity (Wildman–Crippen MR) is 69.6 cm³/mol. The summed E-state index contributed by atoms with van der Waals surface area (Å²) in [4.78, 5) is 20.6. The van der Waals surface area contributed by atoms with E-state index in [0.717, 1.165) is 30.9 Å². The number of carbonyl (C=O) groups excluding carboxylic acids is 1. The van der Waals surface area contributed by atoms with E-state index in [1.165, 1.54) is 11.1 Å². The first-order valence-corrected chi connectivity index (χ1v) is 6.12. The van der Waals surface area contributed by atoms with Gasteiger partial charge in [-0.1, -0.05) is 12.1 Å². The highest BCUT2D eigenvalue weighted by molar-refractivity contribution is 5.93. The third-order valence-electron chi connectivity index (χ3n) is 3.35. The van der Waals surface area contributed by atoms with Gasteiger partial charge in [0.25, 0.3) is 0 Å². The summed E-state index contributed by atoms with van der Waals surface area (Å²) in [6, 6.07) is 6.30. The first-order valence-electron chi connectivity index (χ1n) is 6.12. The molecule has 18 heavy (non-hydrogen) atoms. The van der Waals surface area contributed by atoms with Crippen LogP contribution in [0, 0.1) is 0 Å². The number of hydrogen-bond donors (Lipinski definition) is 1. The van der Waals surface area contributed by atoms with Crippen molar-refractivity contribution in [1.82, 2.24) is 9.97 Å². The molecular formula is C14H15N3O. The molecule has 2 heterocycles. The first-order chi connectivity index (χ1) is 8.74. The molecule has 0 saturated carbocycles. The van der Waals surface area contributed by atoms with Crippen LogP contribution in [0.15, 0.2) is 30.6 Å². The summed E-state index contributed by atoms with van der Waals surface area (Å²) in [6.45, 7) is 2.42. The zero-order chi connectivity index (χ0) is 12.5. The highest BCUT2D eigenvalue weighted by atomic mass is 16.2. The molecule has 4 nitrogen and oxygen atoms in total. The summed E-state index contributed by atoms with van der Waals surface area (Å²) in [5.74, 6) is 1.09. The minimum atomic E-state index is 0.118. The second-order valence-electron chi connectivity index (χ2n) is 4.60. The average Bonchev–Trinajstić information content (AvgIpc) is 2.97. The monoisotopic (exact) mass is 241 g/mol. The van der Waals surface area contributed by atoms with Crippen molar-refractivity contribution in [3.05, 3.63) is 47.5 Å². The summed E-state index contributed by atoms with van der Waals surface area (Å²) in [5, 5.41) is 0. The van der Waals surface area contributed by atoms with E-state index in [0.29, 0.717) is 0 Å². The topological polar surface area (TPSA) is 49.0 Å². The molecule has 4 heteroatoms. The molecule has 0 radical (unpaired) electrons. The third-order valence-corrected chi connectivity index (χ3v) is 3.35. The van der Waals surface area contributed by atoms with E-state index in [-0.39, 0.29) is 5.91 Å². The van der Waals surface area contributed by atoms with Crippen molar-refractivity contribution in [2.75, 3.05) is 11.4 Å². The normalized spacial score (nSPS) is 13.7. The molecule has 1 aliphatic heterocycles. The van der Waals surface area contributed by atoms with Gasteiger partial charge in [-0.15, -0.1) is 0 Å². The molecule has 92 valence electrons. The molecule has 1 aromatic heterocycles. The summed E-state index contributed by atoms with van der Waals surface area (Å²) >= 11 is 0. The fraction of sp³-hybridized carbons (Fsp3) is 0.286. The Kier molecular flexibility index (Phi) is 2.63. The van der Waals surface area contributed by atoms with Crippen LogP contribution in [-0.2, 0) is 17.6 Å². The smallest absolute Gasteiger partial charge is 0.223 e. The number of H-pyrrole nitrogens is 1. The molecule has 3 rings (SSSR count). The van der Waals surface area contributed by atoms with Gasteiger partial charge in [-0.25, -0.2) is 4.98 Å². The van der Waals surface area contributed by atoms with Crippen molar-refractivity contribution in [3.63, 3.8) is 0 Å². The lowest BCUT2D eigenvalue weighted by Crippen LogP contribution is -2.25. The Morgan fingerprint density at radius 3 is 3.11 bits per heavy atom. The van der Waals surface area contributed by atoms with Gasteiger partial charge in [0.15, 0.2) is 0 Å². The molecule has 1 N–H and O–H groups in total. The molecule has 0 spiro atoms. The molecule has 1 aromatic carbocycles. The lowest BCUT2D eigenvalue weighted by molar-refractivity contribution is -0.116. The summed E-state index contributed by atoms with van der Waals surface area (Å²) in [7, 11) is 0. The van der Waals surface area contributed by atoms with Crippen LogP contribution in [0.5, 0.6) is 0 Å². The number of amides is 1. The van der Waals surface area contributed by atoms with Crippen molar-refractivity contribution in [1.29, 1.82) is 0 Å². The first kappa shape index (κ1) is 11.0. The number of aromatic nitrogens is 2. The summed E-state index contributed by atoms with van der Waals surface area (Å²) in [5.41, 5.74) is 3.55. The summed E-state index contributed by atoms with van der Waals surface area (Å²) in [6.07, 6.45) is 5.35. The Bertz CT molecular complexity index is 575. The van der Waals surface area contributed by atoms with Gasteiger partial charge in [0.2, 0.25) is 5.91 Å². The molecule has 1 amide bonds. The second-order valence-corrected chi connectivity index (χ2v) is 4.60. The van der Waals surface area contributed by atoms with E-state index in [4.69, 9.17) is 0 Å². The van der Waals surface area contributed by atoms with Gasteiger partial charge in [-0.05, 0) is 23.6 Å². The van der Waals surface area contributed by atoms with E-state index in [1.807, 2.05) is 17.2 Å². The molecule has 2 aromatic rings. The molecule has 0 unspecified atom stereocenters. The van der Waals surface area contributed by atoms with E-state index in [2.05, 4.69) is 22.1 Å². The van der Waals surface area contributed by atoms with Crippen molar-refractivity contribution in [3.8, 4) is 0 Å². The van der Waals surface area contributed by atoms with E-state index in [9.17, 15) is 4.79 Å². The maximum atomic E-state index is 11.5. The molecule has 1 aliphatic rings. The molecule has 0 fully saturated rings. The van der Waals surface area contributed by atoms with Gasteiger partial charge in [0.05, 0.1) is 0 Å². The Balaban J connectivity index is 1.87. The van der Waals surface area contributed by atoms with Crippen LogP contribution in [0.1, 0.15) is 23.9 Å². The van der Waals surface area contributed by atoms with Crippen LogP contribution in [0.3, 0.4) is 0 Å². The number of hydrogen-bond acceptors (Lipinski definition) is 2. The zero-order valence-corrected chi connectivity index (χ0v) is 10.3. The van der Waals surface area contributed by atoms with Gasteiger partial charge >= 0.3 is 0 Å². The van der Waals surface area contributed by atoms with Crippen LogP contribution >= 0.6 is 0 Å². The number of nitrogens with zero attached hydrogens (tertiary/aromatic N) is 2. The SMILES string of the molecule is CC(=O)N1CCc2cc(Cc3ncc[nH]3)ccc21. The van der Waals surface area contributed by atoms with Crippen molar-refractivity contribution in [2.24, 2.45) is 0 Å². The van der Waals surface area contributed by atoms with Gasteiger partial charge in [-0.2, -0.15) is 0 Å². The predicted octanol–water partition coefficient (Wildman–Crippen LogP) is 1.91. The molecule has 0 bridgehead atoms. The largest absolute Gasteiger partial charge is 0.348 e. The number of imidazole rings is 1. The standard InChI is InChI=1S/C14H15N3O/c1-10(18)17-7-4-12-8-11(2-3-13(12)17)9-14-15-5-6-16-14/h2-3,5-6,8H,4,7,9H2,1H3,(H,15,16). The Labute approximate surface area is 106 Å². The quantitative estimate of drug-likeness (QED) is 0.873. The molecule has 0 aliphatic carbocycles. The third kappa shape index (κ3) is 1.90. The molecule has 0 atom stereocenters. The minimum absolute atomic E-state index is 0.118. The van der Waals surface area contributed by atoms with Crippen molar-refractivity contribution < 1.29 is 4.79 Å². The number of carbonyl (C=O) groups is 1. The number of anilines is 1. The maximum absolute atomic E-state index is 11.5. The number of fused-ring (bicyclic) bond motifs is 1. The Hall–Kier alpha value is -2.10. The number of benzene rings is 1. The highest BCUT2D eigenvalue weighted by Crippen LogP contribution is 2.29. The maximum Gasteiger partial charge on any atom is 0.223 e. The van der Waals surface area contributed by atoms with Crippen LogP contribution in [0.4, 0.5) is 5.69 Å². The van der Waals surface area contributed by atoms with Gasteiger partial charge < -0.3 is 9.88 Å². The number of rotatable bonds is 2. The number of nitrogens with one attached hydrogen (secondary N) is 1. The van der Waals surface area contributed by atoms with Gasteiger partial charge in [0.1, 0.15) is 5.82 Å². The lowest BCUT2D eigenvalue weighted by atomic mass is 10.1. The molecular weight excluding hydrogens is 226 g/mol.